The van der Waals surface area contributed by atoms with Gasteiger partial charge in [-0.1, -0.05) is 32.4 Å². The summed E-state index contributed by atoms with van der Waals surface area (Å²) in [6.45, 7) is 9.98. The monoisotopic (exact) mass is 155 g/mol. The molecule has 0 unspecified atom stereocenters. The van der Waals surface area contributed by atoms with E-state index < -0.39 is 0 Å². The number of allylic oxidation sites excluding steroid dienone is 1. The zero-order valence-electron chi connectivity index (χ0n) is 8.49. The van der Waals surface area contributed by atoms with E-state index in [1.807, 2.05) is 7.05 Å². The van der Waals surface area contributed by atoms with Gasteiger partial charge >= 0.3 is 0 Å². The van der Waals surface area contributed by atoms with Gasteiger partial charge in [0.25, 0.3) is 0 Å². The van der Waals surface area contributed by atoms with Gasteiger partial charge in [0.2, 0.25) is 0 Å². The third-order valence-corrected chi connectivity index (χ3v) is 2.20. The highest BCUT2D eigenvalue weighted by Crippen LogP contribution is 2.24. The summed E-state index contributed by atoms with van der Waals surface area (Å²) in [7, 11) is 2.00. The van der Waals surface area contributed by atoms with Crippen LogP contribution in [0.25, 0.3) is 0 Å². The van der Waals surface area contributed by atoms with Crippen molar-refractivity contribution in [3.8, 4) is 0 Å². The summed E-state index contributed by atoms with van der Waals surface area (Å²) in [5, 5.41) is 3.21. The minimum atomic E-state index is 0.310. The molecule has 0 aliphatic rings. The van der Waals surface area contributed by atoms with Crippen molar-refractivity contribution in [2.45, 2.75) is 34.1 Å². The maximum absolute atomic E-state index is 3.21. The molecule has 66 valence electrons. The SMILES string of the molecule is CC/C=C(/C)C(C)(C)CNC. The highest BCUT2D eigenvalue weighted by Gasteiger charge is 2.17. The first kappa shape index (κ1) is 10.7. The van der Waals surface area contributed by atoms with Crippen LogP contribution in [0.1, 0.15) is 34.1 Å². The summed E-state index contributed by atoms with van der Waals surface area (Å²) in [5.74, 6) is 0. The predicted octanol–water partition coefficient (Wildman–Crippen LogP) is 2.59. The second kappa shape index (κ2) is 4.55. The average molecular weight is 155 g/mol. The topological polar surface area (TPSA) is 12.0 Å². The van der Waals surface area contributed by atoms with E-state index in [1.165, 1.54) is 5.57 Å². The van der Waals surface area contributed by atoms with Gasteiger partial charge in [0.1, 0.15) is 0 Å². The Hall–Kier alpha value is -0.300. The van der Waals surface area contributed by atoms with Crippen LogP contribution >= 0.6 is 0 Å². The molecule has 0 spiro atoms. The van der Waals surface area contributed by atoms with Crippen LogP contribution in [-0.2, 0) is 0 Å². The molecule has 0 bridgehead atoms. The summed E-state index contributed by atoms with van der Waals surface area (Å²) in [5.41, 5.74) is 1.79. The minimum absolute atomic E-state index is 0.310. The molecular weight excluding hydrogens is 134 g/mol. The van der Waals surface area contributed by atoms with Crippen LogP contribution in [0.15, 0.2) is 11.6 Å². The van der Waals surface area contributed by atoms with Crippen LogP contribution in [0.3, 0.4) is 0 Å². The molecule has 0 fully saturated rings. The van der Waals surface area contributed by atoms with Crippen molar-refractivity contribution in [1.29, 1.82) is 0 Å². The first-order valence-electron chi connectivity index (χ1n) is 4.36. The molecule has 0 atom stereocenters. The predicted molar refractivity (Wildman–Crippen MR) is 51.8 cm³/mol. The molecule has 0 aromatic rings. The molecule has 0 rings (SSSR count). The normalized spacial score (nSPS) is 13.7. The van der Waals surface area contributed by atoms with Gasteiger partial charge in [0.15, 0.2) is 0 Å². The zero-order valence-corrected chi connectivity index (χ0v) is 8.49. The molecule has 0 heterocycles. The summed E-state index contributed by atoms with van der Waals surface area (Å²) in [6, 6.07) is 0. The summed E-state index contributed by atoms with van der Waals surface area (Å²) >= 11 is 0. The molecule has 0 aromatic carbocycles. The molecule has 0 amide bonds. The fraction of sp³-hybridized carbons (Fsp3) is 0.800. The average Bonchev–Trinajstić information content (AvgIpc) is 1.88. The third-order valence-electron chi connectivity index (χ3n) is 2.20. The molecule has 0 saturated heterocycles. The smallest absolute Gasteiger partial charge is 0.00368 e. The number of hydrogen-bond donors (Lipinski definition) is 1. The molecule has 0 aliphatic heterocycles. The quantitative estimate of drug-likeness (QED) is 0.615. The second-order valence-corrected chi connectivity index (χ2v) is 3.71. The van der Waals surface area contributed by atoms with Crippen molar-refractivity contribution in [1.82, 2.24) is 5.32 Å². The maximum atomic E-state index is 3.21. The fourth-order valence-electron chi connectivity index (χ4n) is 1.16. The highest BCUT2D eigenvalue weighted by atomic mass is 14.8. The van der Waals surface area contributed by atoms with E-state index in [9.17, 15) is 0 Å². The van der Waals surface area contributed by atoms with E-state index >= 15 is 0 Å². The number of rotatable bonds is 4. The van der Waals surface area contributed by atoms with Crippen LogP contribution in [-0.4, -0.2) is 13.6 Å². The van der Waals surface area contributed by atoms with Crippen LogP contribution in [0, 0.1) is 5.41 Å². The first-order valence-corrected chi connectivity index (χ1v) is 4.36. The minimum Gasteiger partial charge on any atom is -0.319 e. The lowest BCUT2D eigenvalue weighted by Gasteiger charge is -2.25. The number of hydrogen-bond acceptors (Lipinski definition) is 1. The molecule has 11 heavy (non-hydrogen) atoms. The third kappa shape index (κ3) is 3.57. The van der Waals surface area contributed by atoms with Crippen LogP contribution < -0.4 is 5.32 Å². The molecule has 1 nitrogen and oxygen atoms in total. The van der Waals surface area contributed by atoms with Crippen molar-refractivity contribution >= 4 is 0 Å². The van der Waals surface area contributed by atoms with E-state index in [4.69, 9.17) is 0 Å². The molecule has 0 aliphatic carbocycles. The highest BCUT2D eigenvalue weighted by molar-refractivity contribution is 5.09. The maximum Gasteiger partial charge on any atom is 0.00368 e. The van der Waals surface area contributed by atoms with Crippen LogP contribution in [0.2, 0.25) is 0 Å². The van der Waals surface area contributed by atoms with Gasteiger partial charge in [-0.3, -0.25) is 0 Å². The lowest BCUT2D eigenvalue weighted by atomic mass is 9.84. The molecule has 0 aromatic heterocycles. The Labute approximate surface area is 70.9 Å². The Morgan fingerprint density at radius 3 is 2.36 bits per heavy atom. The van der Waals surface area contributed by atoms with Crippen molar-refractivity contribution in [3.63, 3.8) is 0 Å². The Kier molecular flexibility index (Phi) is 4.43. The largest absolute Gasteiger partial charge is 0.319 e. The van der Waals surface area contributed by atoms with Crippen molar-refractivity contribution < 1.29 is 0 Å². The molecule has 0 saturated carbocycles. The van der Waals surface area contributed by atoms with Gasteiger partial charge < -0.3 is 5.32 Å². The Bertz CT molecular complexity index is 134. The van der Waals surface area contributed by atoms with Crippen LogP contribution in [0.5, 0.6) is 0 Å². The Morgan fingerprint density at radius 2 is 2.00 bits per heavy atom. The fourth-order valence-corrected chi connectivity index (χ4v) is 1.16. The van der Waals surface area contributed by atoms with Gasteiger partial charge in [-0.2, -0.15) is 0 Å². The molecule has 1 N–H and O–H groups in total. The molecule has 0 radical (unpaired) electrons. The van der Waals surface area contributed by atoms with E-state index in [-0.39, 0.29) is 0 Å². The Morgan fingerprint density at radius 1 is 1.45 bits per heavy atom. The van der Waals surface area contributed by atoms with Gasteiger partial charge in [-0.15, -0.1) is 0 Å². The van der Waals surface area contributed by atoms with Crippen molar-refractivity contribution in [2.75, 3.05) is 13.6 Å². The standard InChI is InChI=1S/C10H21N/c1-6-7-9(2)10(3,4)8-11-5/h7,11H,6,8H2,1-5H3/b9-7-. The zero-order chi connectivity index (χ0) is 8.91. The van der Waals surface area contributed by atoms with Gasteiger partial charge in [-0.05, 0) is 25.8 Å². The van der Waals surface area contributed by atoms with Gasteiger partial charge in [0, 0.05) is 6.54 Å². The summed E-state index contributed by atoms with van der Waals surface area (Å²) in [4.78, 5) is 0. The lowest BCUT2D eigenvalue weighted by molar-refractivity contribution is 0.423. The van der Waals surface area contributed by atoms with Crippen molar-refractivity contribution in [3.05, 3.63) is 11.6 Å². The van der Waals surface area contributed by atoms with Gasteiger partial charge in [0.05, 0.1) is 0 Å². The number of nitrogens with one attached hydrogen (secondary N) is 1. The summed E-state index contributed by atoms with van der Waals surface area (Å²) in [6.07, 6.45) is 3.44. The van der Waals surface area contributed by atoms with Crippen LogP contribution in [0.4, 0.5) is 0 Å². The van der Waals surface area contributed by atoms with E-state index in [0.717, 1.165) is 13.0 Å². The van der Waals surface area contributed by atoms with Crippen molar-refractivity contribution in [2.24, 2.45) is 5.41 Å². The molecular formula is C10H21N. The second-order valence-electron chi connectivity index (χ2n) is 3.71. The van der Waals surface area contributed by atoms with E-state index in [2.05, 4.69) is 39.1 Å². The van der Waals surface area contributed by atoms with Gasteiger partial charge in [-0.25, -0.2) is 0 Å². The molecule has 1 heteroatoms. The Balaban J connectivity index is 4.16. The van der Waals surface area contributed by atoms with E-state index in [0.29, 0.717) is 5.41 Å². The summed E-state index contributed by atoms with van der Waals surface area (Å²) < 4.78 is 0. The first-order chi connectivity index (χ1) is 5.04. The lowest BCUT2D eigenvalue weighted by Crippen LogP contribution is -2.27. The van der Waals surface area contributed by atoms with E-state index in [1.54, 1.807) is 0 Å².